The van der Waals surface area contributed by atoms with E-state index in [0.717, 1.165) is 17.7 Å². The van der Waals surface area contributed by atoms with Crippen LogP contribution in [0.5, 0.6) is 0 Å². The molecule has 5 nitrogen and oxygen atoms in total. The van der Waals surface area contributed by atoms with Crippen LogP contribution >= 0.6 is 0 Å². The Kier molecular flexibility index (Phi) is 5.46. The van der Waals surface area contributed by atoms with Gasteiger partial charge in [-0.1, -0.05) is 35.9 Å². The van der Waals surface area contributed by atoms with Crippen molar-refractivity contribution >= 4 is 5.91 Å². The number of carbonyl (C=O) groups is 1. The van der Waals surface area contributed by atoms with E-state index < -0.39 is 5.60 Å². The minimum absolute atomic E-state index is 0.186. The van der Waals surface area contributed by atoms with Crippen LogP contribution in [0.4, 0.5) is 0 Å². The van der Waals surface area contributed by atoms with Gasteiger partial charge in [-0.2, -0.15) is 0 Å². The largest absolute Gasteiger partial charge is 0.379 e. The summed E-state index contributed by atoms with van der Waals surface area (Å²) in [5, 5.41) is 14.0. The molecule has 132 valence electrons. The maximum atomic E-state index is 12.8. The number of pyridine rings is 1. The smallest absolute Gasteiger partial charge is 0.256 e. The van der Waals surface area contributed by atoms with Crippen molar-refractivity contribution in [3.8, 4) is 0 Å². The normalized spacial score (nSPS) is 20.7. The summed E-state index contributed by atoms with van der Waals surface area (Å²) in [6.07, 6.45) is 3.03. The molecule has 0 radical (unpaired) electrons. The molecule has 1 atom stereocenters. The number of rotatable bonds is 6. The molecule has 1 amide bonds. The van der Waals surface area contributed by atoms with Crippen molar-refractivity contribution in [2.24, 2.45) is 0 Å². The van der Waals surface area contributed by atoms with Crippen LogP contribution in [0.15, 0.2) is 48.7 Å². The van der Waals surface area contributed by atoms with Gasteiger partial charge >= 0.3 is 0 Å². The van der Waals surface area contributed by atoms with Gasteiger partial charge in [-0.3, -0.25) is 9.78 Å². The number of aryl methyl sites for hydroxylation is 1. The molecule has 5 heteroatoms. The van der Waals surface area contributed by atoms with Gasteiger partial charge in [-0.25, -0.2) is 0 Å². The molecule has 1 saturated heterocycles. The van der Waals surface area contributed by atoms with E-state index in [-0.39, 0.29) is 12.5 Å². The van der Waals surface area contributed by atoms with Gasteiger partial charge < -0.3 is 15.3 Å². The first-order chi connectivity index (χ1) is 12.1. The number of carbonyl (C=O) groups excluding carboxylic acids is 1. The monoisotopic (exact) mass is 339 g/mol. The lowest BCUT2D eigenvalue weighted by atomic mass is 9.91. The molecule has 1 unspecified atom stereocenters. The van der Waals surface area contributed by atoms with Crippen molar-refractivity contribution in [3.05, 3.63) is 65.5 Å². The van der Waals surface area contributed by atoms with E-state index >= 15 is 0 Å². The molecule has 0 bridgehead atoms. The van der Waals surface area contributed by atoms with Crippen molar-refractivity contribution < 1.29 is 9.90 Å². The van der Waals surface area contributed by atoms with Crippen LogP contribution in [0.25, 0.3) is 0 Å². The average Bonchev–Trinajstić information content (AvgIpc) is 2.60. The van der Waals surface area contributed by atoms with E-state index in [2.05, 4.69) is 16.4 Å². The van der Waals surface area contributed by atoms with Gasteiger partial charge in [-0.05, 0) is 37.5 Å². The third-order valence-electron chi connectivity index (χ3n) is 4.61. The maximum absolute atomic E-state index is 12.8. The van der Waals surface area contributed by atoms with Crippen LogP contribution in [0.3, 0.4) is 0 Å². The van der Waals surface area contributed by atoms with Gasteiger partial charge in [0.15, 0.2) is 5.60 Å². The summed E-state index contributed by atoms with van der Waals surface area (Å²) in [5.74, 6) is -0.186. The second kappa shape index (κ2) is 7.76. The number of amides is 1. The number of piperidine rings is 1. The highest BCUT2D eigenvalue weighted by molar-refractivity contribution is 5.86. The number of nitrogens with zero attached hydrogens (tertiary/aromatic N) is 2. The second-order valence-electron chi connectivity index (χ2n) is 6.78. The topological polar surface area (TPSA) is 65.5 Å². The Morgan fingerprint density at radius 3 is 2.92 bits per heavy atom. The van der Waals surface area contributed by atoms with Crippen LogP contribution in [0.2, 0.25) is 0 Å². The highest BCUT2D eigenvalue weighted by atomic mass is 16.3. The third-order valence-corrected chi connectivity index (χ3v) is 4.61. The van der Waals surface area contributed by atoms with Gasteiger partial charge in [0.1, 0.15) is 0 Å². The van der Waals surface area contributed by atoms with Crippen molar-refractivity contribution in [2.45, 2.75) is 38.5 Å². The highest BCUT2D eigenvalue weighted by Gasteiger charge is 2.41. The first kappa shape index (κ1) is 17.6. The molecule has 1 aromatic carbocycles. The van der Waals surface area contributed by atoms with Crippen LogP contribution in [-0.2, 0) is 17.9 Å². The number of aromatic nitrogens is 1. The molecular weight excluding hydrogens is 314 g/mol. The Bertz CT molecular complexity index is 720. The summed E-state index contributed by atoms with van der Waals surface area (Å²) >= 11 is 0. The summed E-state index contributed by atoms with van der Waals surface area (Å²) in [4.78, 5) is 18.8. The molecule has 3 rings (SSSR count). The average molecular weight is 339 g/mol. The Morgan fingerprint density at radius 1 is 1.28 bits per heavy atom. The number of likely N-dealkylation sites (tertiary alicyclic amines) is 1. The van der Waals surface area contributed by atoms with Crippen molar-refractivity contribution in [1.29, 1.82) is 0 Å². The van der Waals surface area contributed by atoms with Crippen molar-refractivity contribution in [2.75, 3.05) is 13.1 Å². The minimum atomic E-state index is -1.34. The Hall–Kier alpha value is -2.24. The zero-order chi connectivity index (χ0) is 17.7. The van der Waals surface area contributed by atoms with Gasteiger partial charge in [-0.15, -0.1) is 0 Å². The van der Waals surface area contributed by atoms with Gasteiger partial charge in [0.05, 0.1) is 5.69 Å². The van der Waals surface area contributed by atoms with E-state index in [9.17, 15) is 9.90 Å². The van der Waals surface area contributed by atoms with E-state index in [1.165, 1.54) is 5.56 Å². The molecule has 2 aromatic rings. The first-order valence-corrected chi connectivity index (χ1v) is 8.75. The van der Waals surface area contributed by atoms with Gasteiger partial charge in [0, 0.05) is 32.4 Å². The fraction of sp³-hybridized carbons (Fsp3) is 0.400. The molecule has 0 saturated carbocycles. The van der Waals surface area contributed by atoms with E-state index in [1.807, 2.05) is 43.3 Å². The predicted molar refractivity (Wildman–Crippen MR) is 96.7 cm³/mol. The summed E-state index contributed by atoms with van der Waals surface area (Å²) in [5.41, 5.74) is 1.83. The van der Waals surface area contributed by atoms with E-state index in [1.54, 1.807) is 11.1 Å². The molecule has 1 fully saturated rings. The van der Waals surface area contributed by atoms with E-state index in [4.69, 9.17) is 0 Å². The van der Waals surface area contributed by atoms with Crippen LogP contribution < -0.4 is 5.32 Å². The lowest BCUT2D eigenvalue weighted by Gasteiger charge is -2.38. The zero-order valence-corrected chi connectivity index (χ0v) is 14.6. The number of hydrogen-bond acceptors (Lipinski definition) is 4. The fourth-order valence-electron chi connectivity index (χ4n) is 3.31. The van der Waals surface area contributed by atoms with Crippen LogP contribution in [0, 0.1) is 6.92 Å². The number of benzene rings is 1. The summed E-state index contributed by atoms with van der Waals surface area (Å²) < 4.78 is 0. The predicted octanol–water partition coefficient (Wildman–Crippen LogP) is 2.03. The number of nitrogens with one attached hydrogen (secondary N) is 1. The second-order valence-corrected chi connectivity index (χ2v) is 6.78. The Morgan fingerprint density at radius 2 is 2.16 bits per heavy atom. The molecule has 0 spiro atoms. The summed E-state index contributed by atoms with van der Waals surface area (Å²) in [6.45, 7) is 4.05. The zero-order valence-electron chi connectivity index (χ0n) is 14.6. The quantitative estimate of drug-likeness (QED) is 0.845. The lowest BCUT2D eigenvalue weighted by Crippen LogP contribution is -2.57. The summed E-state index contributed by atoms with van der Waals surface area (Å²) in [7, 11) is 0. The number of aliphatic hydroxyl groups is 1. The maximum Gasteiger partial charge on any atom is 0.256 e. The van der Waals surface area contributed by atoms with E-state index in [0.29, 0.717) is 26.1 Å². The number of hydrogen-bond donors (Lipinski definition) is 2. The fourth-order valence-corrected chi connectivity index (χ4v) is 3.31. The molecule has 1 aromatic heterocycles. The molecular formula is C20H25N3O2. The minimum Gasteiger partial charge on any atom is -0.379 e. The Labute approximate surface area is 148 Å². The highest BCUT2D eigenvalue weighted by Crippen LogP contribution is 2.24. The summed E-state index contributed by atoms with van der Waals surface area (Å²) in [6, 6.07) is 13.9. The van der Waals surface area contributed by atoms with Crippen LogP contribution in [0.1, 0.15) is 29.7 Å². The molecule has 2 heterocycles. The molecule has 2 N–H and O–H groups in total. The van der Waals surface area contributed by atoms with Crippen molar-refractivity contribution in [1.82, 2.24) is 15.2 Å². The molecule has 0 aliphatic carbocycles. The third kappa shape index (κ3) is 4.44. The standard InChI is InChI=1S/C20H25N3O2/c1-16-6-4-7-17(12-16)14-23-11-5-9-20(25,19(23)24)15-21-13-18-8-2-3-10-22-18/h2-4,6-8,10,12,21,25H,5,9,11,13-15H2,1H3. The van der Waals surface area contributed by atoms with Crippen LogP contribution in [-0.4, -0.2) is 39.6 Å². The molecule has 1 aliphatic rings. The van der Waals surface area contributed by atoms with Gasteiger partial charge in [0.25, 0.3) is 5.91 Å². The van der Waals surface area contributed by atoms with Gasteiger partial charge in [0.2, 0.25) is 0 Å². The SMILES string of the molecule is Cc1cccc(CN2CCCC(O)(CNCc3ccccn3)C2=O)c1. The molecule has 25 heavy (non-hydrogen) atoms. The first-order valence-electron chi connectivity index (χ1n) is 8.75. The molecule has 1 aliphatic heterocycles. The Balaban J connectivity index is 1.60. The lowest BCUT2D eigenvalue weighted by molar-refractivity contribution is -0.157. The van der Waals surface area contributed by atoms with Crippen molar-refractivity contribution in [3.63, 3.8) is 0 Å².